The number of nitrogens with zero attached hydrogens (tertiary/aromatic N) is 3. The van der Waals surface area contributed by atoms with Gasteiger partial charge in [0.2, 0.25) is 5.88 Å². The van der Waals surface area contributed by atoms with Crippen LogP contribution < -0.4 is 15.4 Å². The van der Waals surface area contributed by atoms with Crippen molar-refractivity contribution in [3.63, 3.8) is 0 Å². The monoisotopic (exact) mass is 260 g/mol. The highest BCUT2D eigenvalue weighted by molar-refractivity contribution is 5.56. The summed E-state index contributed by atoms with van der Waals surface area (Å²) in [7, 11) is 5.82. The van der Waals surface area contributed by atoms with Crippen molar-refractivity contribution < 1.29 is 4.74 Å². The molecule has 0 atom stereocenters. The molecular weight excluding hydrogens is 240 g/mol. The van der Waals surface area contributed by atoms with Gasteiger partial charge in [0.25, 0.3) is 0 Å². The molecule has 0 saturated carbocycles. The Balaban J connectivity index is 2.31. The third-order valence-electron chi connectivity index (χ3n) is 2.99. The smallest absolute Gasteiger partial charge is 0.241 e. The van der Waals surface area contributed by atoms with Gasteiger partial charge in [-0.3, -0.25) is 0 Å². The van der Waals surface area contributed by atoms with Gasteiger partial charge in [-0.25, -0.2) is 4.68 Å². The van der Waals surface area contributed by atoms with Crippen molar-refractivity contribution in [1.29, 1.82) is 0 Å². The topological polar surface area (TPSA) is 56.3 Å². The summed E-state index contributed by atoms with van der Waals surface area (Å²) in [6, 6.07) is 7.86. The second kappa shape index (κ2) is 5.22. The van der Waals surface area contributed by atoms with E-state index in [1.54, 1.807) is 4.68 Å². The maximum Gasteiger partial charge on any atom is 0.241 e. The Labute approximate surface area is 113 Å². The number of rotatable bonds is 4. The molecule has 2 aromatic rings. The van der Waals surface area contributed by atoms with Crippen molar-refractivity contribution in [2.75, 3.05) is 24.7 Å². The molecule has 1 heterocycles. The van der Waals surface area contributed by atoms with Crippen LogP contribution in [0.3, 0.4) is 0 Å². The van der Waals surface area contributed by atoms with Crippen molar-refractivity contribution >= 4 is 11.4 Å². The molecular formula is C14H20N4O. The van der Waals surface area contributed by atoms with Gasteiger partial charge in [0.15, 0.2) is 0 Å². The van der Waals surface area contributed by atoms with Crippen molar-refractivity contribution in [2.24, 2.45) is 7.05 Å². The van der Waals surface area contributed by atoms with Crippen LogP contribution in [0.4, 0.5) is 11.4 Å². The average molecular weight is 260 g/mol. The summed E-state index contributed by atoms with van der Waals surface area (Å²) >= 11 is 0. The molecule has 0 unspecified atom stereocenters. The number of nitrogen functional groups attached to an aromatic ring is 1. The Morgan fingerprint density at radius 3 is 2.68 bits per heavy atom. The predicted molar refractivity (Wildman–Crippen MR) is 77.8 cm³/mol. The first-order chi connectivity index (χ1) is 9.02. The van der Waals surface area contributed by atoms with Crippen LogP contribution in [0.1, 0.15) is 12.6 Å². The first kappa shape index (κ1) is 13.3. The van der Waals surface area contributed by atoms with Gasteiger partial charge >= 0.3 is 0 Å². The Kier molecular flexibility index (Phi) is 3.64. The van der Waals surface area contributed by atoms with E-state index in [1.807, 2.05) is 57.2 Å². The zero-order valence-electron chi connectivity index (χ0n) is 11.8. The summed E-state index contributed by atoms with van der Waals surface area (Å²) in [6.07, 6.45) is 0.792. The average Bonchev–Trinajstić information content (AvgIpc) is 2.66. The second-order valence-corrected chi connectivity index (χ2v) is 4.64. The van der Waals surface area contributed by atoms with Crippen LogP contribution >= 0.6 is 0 Å². The summed E-state index contributed by atoms with van der Waals surface area (Å²) in [4.78, 5) is 2.02. The minimum absolute atomic E-state index is 0.591. The van der Waals surface area contributed by atoms with E-state index in [9.17, 15) is 0 Å². The van der Waals surface area contributed by atoms with E-state index < -0.39 is 0 Å². The predicted octanol–water partition coefficient (Wildman–Crippen LogP) is 2.42. The van der Waals surface area contributed by atoms with Crippen molar-refractivity contribution in [3.05, 3.63) is 30.0 Å². The van der Waals surface area contributed by atoms with Gasteiger partial charge in [-0.05, 0) is 18.6 Å². The number of ether oxygens (including phenoxy) is 1. The normalized spacial score (nSPS) is 10.5. The molecule has 2 rings (SSSR count). The molecule has 0 aliphatic heterocycles. The molecule has 0 amide bonds. The van der Waals surface area contributed by atoms with Crippen molar-refractivity contribution in [3.8, 4) is 11.6 Å². The number of anilines is 2. The van der Waals surface area contributed by atoms with Gasteiger partial charge in [-0.1, -0.05) is 13.0 Å². The second-order valence-electron chi connectivity index (χ2n) is 4.64. The van der Waals surface area contributed by atoms with Crippen LogP contribution in [0.15, 0.2) is 24.3 Å². The highest BCUT2D eigenvalue weighted by Gasteiger charge is 2.14. The number of hydrogen-bond acceptors (Lipinski definition) is 4. The number of hydrogen-bond donors (Lipinski definition) is 1. The summed E-state index contributed by atoms with van der Waals surface area (Å²) in [5, 5.41) is 4.34. The van der Waals surface area contributed by atoms with Crippen LogP contribution in [0.5, 0.6) is 11.6 Å². The Hall–Kier alpha value is -2.17. The van der Waals surface area contributed by atoms with E-state index in [0.717, 1.165) is 23.6 Å². The van der Waals surface area contributed by atoms with E-state index in [1.165, 1.54) is 0 Å². The lowest BCUT2D eigenvalue weighted by atomic mass is 10.3. The van der Waals surface area contributed by atoms with E-state index >= 15 is 0 Å². The van der Waals surface area contributed by atoms with Gasteiger partial charge in [-0.2, -0.15) is 5.10 Å². The summed E-state index contributed by atoms with van der Waals surface area (Å²) < 4.78 is 7.54. The minimum Gasteiger partial charge on any atom is -0.437 e. The SMILES string of the molecule is CCc1nn(C)c(Oc2cccc(N(C)C)c2)c1N. The number of aromatic nitrogens is 2. The molecule has 1 aromatic heterocycles. The molecule has 102 valence electrons. The van der Waals surface area contributed by atoms with Gasteiger partial charge in [0.05, 0.1) is 5.69 Å². The third-order valence-corrected chi connectivity index (χ3v) is 2.99. The molecule has 5 heteroatoms. The zero-order valence-corrected chi connectivity index (χ0v) is 11.8. The van der Waals surface area contributed by atoms with E-state index in [-0.39, 0.29) is 0 Å². The Morgan fingerprint density at radius 1 is 1.37 bits per heavy atom. The van der Waals surface area contributed by atoms with Crippen molar-refractivity contribution in [1.82, 2.24) is 9.78 Å². The number of nitrogens with two attached hydrogens (primary N) is 1. The zero-order chi connectivity index (χ0) is 14.0. The van der Waals surface area contributed by atoms with Gasteiger partial charge in [0.1, 0.15) is 11.4 Å². The molecule has 0 saturated heterocycles. The van der Waals surface area contributed by atoms with E-state index in [4.69, 9.17) is 10.5 Å². The van der Waals surface area contributed by atoms with Crippen LogP contribution in [0.2, 0.25) is 0 Å². The highest BCUT2D eigenvalue weighted by Crippen LogP contribution is 2.31. The fraction of sp³-hybridized carbons (Fsp3) is 0.357. The Morgan fingerprint density at radius 2 is 2.11 bits per heavy atom. The van der Waals surface area contributed by atoms with E-state index in [2.05, 4.69) is 5.10 Å². The summed E-state index contributed by atoms with van der Waals surface area (Å²) in [6.45, 7) is 2.02. The van der Waals surface area contributed by atoms with Crippen LogP contribution in [-0.2, 0) is 13.5 Å². The van der Waals surface area contributed by atoms with Crippen LogP contribution in [0, 0.1) is 0 Å². The molecule has 2 N–H and O–H groups in total. The molecule has 0 aliphatic carbocycles. The maximum absolute atomic E-state index is 6.04. The number of benzene rings is 1. The van der Waals surface area contributed by atoms with Crippen molar-refractivity contribution in [2.45, 2.75) is 13.3 Å². The summed E-state index contributed by atoms with van der Waals surface area (Å²) in [5.74, 6) is 1.34. The molecule has 19 heavy (non-hydrogen) atoms. The van der Waals surface area contributed by atoms with Gasteiger partial charge in [-0.15, -0.1) is 0 Å². The fourth-order valence-corrected chi connectivity index (χ4v) is 1.90. The quantitative estimate of drug-likeness (QED) is 0.917. The lowest BCUT2D eigenvalue weighted by molar-refractivity contribution is 0.432. The molecule has 0 bridgehead atoms. The lowest BCUT2D eigenvalue weighted by Crippen LogP contribution is -2.08. The first-order valence-corrected chi connectivity index (χ1v) is 6.29. The third kappa shape index (κ3) is 2.65. The fourth-order valence-electron chi connectivity index (χ4n) is 1.90. The molecule has 0 radical (unpaired) electrons. The largest absolute Gasteiger partial charge is 0.437 e. The molecule has 0 aliphatic rings. The maximum atomic E-state index is 6.04. The van der Waals surface area contributed by atoms with Crippen LogP contribution in [-0.4, -0.2) is 23.9 Å². The highest BCUT2D eigenvalue weighted by atomic mass is 16.5. The molecule has 1 aromatic carbocycles. The standard InChI is InChI=1S/C14H20N4O/c1-5-12-13(15)14(18(4)16-12)19-11-8-6-7-10(9-11)17(2)3/h6-9H,5,15H2,1-4H3. The molecule has 0 fully saturated rings. The van der Waals surface area contributed by atoms with Crippen LogP contribution in [0.25, 0.3) is 0 Å². The number of aryl methyl sites for hydroxylation is 2. The first-order valence-electron chi connectivity index (χ1n) is 6.29. The Bertz CT molecular complexity index is 575. The molecule has 5 nitrogen and oxygen atoms in total. The molecule has 0 spiro atoms. The summed E-state index contributed by atoms with van der Waals surface area (Å²) in [5.41, 5.74) is 8.59. The minimum atomic E-state index is 0.591. The van der Waals surface area contributed by atoms with Gasteiger partial charge in [0, 0.05) is 32.9 Å². The van der Waals surface area contributed by atoms with Gasteiger partial charge < -0.3 is 15.4 Å². The van der Waals surface area contributed by atoms with E-state index in [0.29, 0.717) is 11.6 Å². The lowest BCUT2D eigenvalue weighted by Gasteiger charge is -2.14.